The molecule has 0 bridgehead atoms. The largest absolute Gasteiger partial charge is 0.324 e. The van der Waals surface area contributed by atoms with E-state index in [0.29, 0.717) is 0 Å². The fourth-order valence-electron chi connectivity index (χ4n) is 1.75. The maximum Gasteiger partial charge on any atom is 0.0306 e. The molecule has 0 aliphatic heterocycles. The Bertz CT molecular complexity index is 382. The van der Waals surface area contributed by atoms with Crippen LogP contribution < -0.4 is 5.73 Å². The van der Waals surface area contributed by atoms with Crippen LogP contribution in [0.3, 0.4) is 0 Å². The molecule has 0 heterocycles. The molecule has 0 aliphatic rings. The Morgan fingerprint density at radius 2 is 2.07 bits per heavy atom. The highest BCUT2D eigenvalue weighted by molar-refractivity contribution is 5.32. The molecule has 1 unspecified atom stereocenters. The zero-order chi connectivity index (χ0) is 11.3. The first kappa shape index (κ1) is 11.8. The summed E-state index contributed by atoms with van der Waals surface area (Å²) in [6.07, 6.45) is 1.82. The van der Waals surface area contributed by atoms with Crippen molar-refractivity contribution in [2.24, 2.45) is 5.73 Å². The molecule has 0 saturated heterocycles. The quantitative estimate of drug-likeness (QED) is 0.747. The second-order valence-electron chi connectivity index (χ2n) is 3.93. The van der Waals surface area contributed by atoms with E-state index in [2.05, 4.69) is 43.9 Å². The van der Waals surface area contributed by atoms with Gasteiger partial charge >= 0.3 is 0 Å². The van der Waals surface area contributed by atoms with Crippen molar-refractivity contribution in [3.63, 3.8) is 0 Å². The molecular formula is C14H19N. The summed E-state index contributed by atoms with van der Waals surface area (Å²) in [6, 6.07) is 6.55. The second-order valence-corrected chi connectivity index (χ2v) is 3.93. The lowest BCUT2D eigenvalue weighted by atomic mass is 9.97. The summed E-state index contributed by atoms with van der Waals surface area (Å²) in [5.74, 6) is 5.94. The minimum Gasteiger partial charge on any atom is -0.324 e. The zero-order valence-corrected chi connectivity index (χ0v) is 9.80. The maximum absolute atomic E-state index is 6.12. The number of hydrogen-bond donors (Lipinski definition) is 1. The first-order valence-corrected chi connectivity index (χ1v) is 5.37. The van der Waals surface area contributed by atoms with Crippen LogP contribution in [0.4, 0.5) is 0 Å². The lowest BCUT2D eigenvalue weighted by Gasteiger charge is -2.13. The molecule has 0 radical (unpaired) electrons. The predicted octanol–water partition coefficient (Wildman–Crippen LogP) is 3.11. The van der Waals surface area contributed by atoms with E-state index in [1.807, 2.05) is 6.92 Å². The summed E-state index contributed by atoms with van der Waals surface area (Å²) in [5.41, 5.74) is 9.94. The summed E-state index contributed by atoms with van der Waals surface area (Å²) in [5, 5.41) is 0. The zero-order valence-electron chi connectivity index (χ0n) is 9.80. The van der Waals surface area contributed by atoms with Crippen LogP contribution >= 0.6 is 0 Å². The van der Waals surface area contributed by atoms with Gasteiger partial charge in [0.1, 0.15) is 0 Å². The fraction of sp³-hybridized carbons (Fsp3) is 0.429. The third-order valence-electron chi connectivity index (χ3n) is 2.58. The molecule has 0 amide bonds. The van der Waals surface area contributed by atoms with Gasteiger partial charge in [0.05, 0.1) is 0 Å². The number of benzene rings is 1. The lowest BCUT2D eigenvalue weighted by Crippen LogP contribution is -2.11. The van der Waals surface area contributed by atoms with E-state index in [9.17, 15) is 0 Å². The van der Waals surface area contributed by atoms with Gasteiger partial charge in [-0.05, 0) is 38.3 Å². The highest BCUT2D eigenvalue weighted by atomic mass is 14.6. The van der Waals surface area contributed by atoms with Crippen molar-refractivity contribution in [3.8, 4) is 11.8 Å². The second kappa shape index (κ2) is 5.58. The van der Waals surface area contributed by atoms with Gasteiger partial charge in [-0.2, -0.15) is 0 Å². The van der Waals surface area contributed by atoms with Gasteiger partial charge in [0.25, 0.3) is 0 Å². The minimum absolute atomic E-state index is 0.117. The molecule has 0 spiro atoms. The van der Waals surface area contributed by atoms with Crippen molar-refractivity contribution >= 4 is 0 Å². The van der Waals surface area contributed by atoms with Gasteiger partial charge in [0.2, 0.25) is 0 Å². The summed E-state index contributed by atoms with van der Waals surface area (Å²) >= 11 is 0. The van der Waals surface area contributed by atoms with E-state index in [1.165, 1.54) is 16.7 Å². The Balaban J connectivity index is 2.71. The van der Waals surface area contributed by atoms with Gasteiger partial charge in [0.15, 0.2) is 0 Å². The minimum atomic E-state index is 0.117. The molecule has 1 aromatic rings. The topological polar surface area (TPSA) is 26.0 Å². The Labute approximate surface area is 92.7 Å². The smallest absolute Gasteiger partial charge is 0.0306 e. The Kier molecular flexibility index (Phi) is 4.39. The molecule has 2 N–H and O–H groups in total. The van der Waals surface area contributed by atoms with Crippen molar-refractivity contribution in [3.05, 3.63) is 34.9 Å². The van der Waals surface area contributed by atoms with Crippen LogP contribution in [0.15, 0.2) is 18.2 Å². The third kappa shape index (κ3) is 3.42. The van der Waals surface area contributed by atoms with Crippen LogP contribution in [0.25, 0.3) is 0 Å². The first-order valence-electron chi connectivity index (χ1n) is 5.37. The van der Waals surface area contributed by atoms with Crippen LogP contribution in [0.2, 0.25) is 0 Å². The van der Waals surface area contributed by atoms with E-state index in [4.69, 9.17) is 5.73 Å². The Hall–Kier alpha value is -1.26. The monoisotopic (exact) mass is 201 g/mol. The Morgan fingerprint density at radius 3 is 2.67 bits per heavy atom. The standard InChI is InChI=1S/C14H19N/c1-4-5-6-7-14(15)13-9-8-11(2)10-12(13)3/h8-10,14H,6-7,15H2,1-3H3. The normalized spacial score (nSPS) is 11.7. The van der Waals surface area contributed by atoms with E-state index in [1.54, 1.807) is 0 Å². The fourth-order valence-corrected chi connectivity index (χ4v) is 1.75. The van der Waals surface area contributed by atoms with Crippen molar-refractivity contribution in [2.45, 2.75) is 39.7 Å². The maximum atomic E-state index is 6.12. The van der Waals surface area contributed by atoms with Crippen LogP contribution in [-0.2, 0) is 0 Å². The third-order valence-corrected chi connectivity index (χ3v) is 2.58. The van der Waals surface area contributed by atoms with Gasteiger partial charge in [-0.15, -0.1) is 11.8 Å². The van der Waals surface area contributed by atoms with Crippen LogP contribution in [0, 0.1) is 25.7 Å². The molecule has 0 saturated carbocycles. The predicted molar refractivity (Wildman–Crippen MR) is 65.5 cm³/mol. The number of nitrogens with two attached hydrogens (primary N) is 1. The molecule has 0 fully saturated rings. The molecule has 1 heteroatoms. The highest BCUT2D eigenvalue weighted by Crippen LogP contribution is 2.20. The average molecular weight is 201 g/mol. The van der Waals surface area contributed by atoms with E-state index in [-0.39, 0.29) is 6.04 Å². The molecule has 1 nitrogen and oxygen atoms in total. The van der Waals surface area contributed by atoms with Gasteiger partial charge in [-0.1, -0.05) is 23.8 Å². The van der Waals surface area contributed by atoms with Gasteiger partial charge in [-0.3, -0.25) is 0 Å². The van der Waals surface area contributed by atoms with E-state index < -0.39 is 0 Å². The van der Waals surface area contributed by atoms with Crippen molar-refractivity contribution in [2.75, 3.05) is 0 Å². The number of aryl methyl sites for hydroxylation is 2. The number of rotatable bonds is 3. The molecular weight excluding hydrogens is 182 g/mol. The summed E-state index contributed by atoms with van der Waals surface area (Å²) < 4.78 is 0. The molecule has 1 aromatic carbocycles. The van der Waals surface area contributed by atoms with Gasteiger partial charge < -0.3 is 5.73 Å². The van der Waals surface area contributed by atoms with Crippen molar-refractivity contribution in [1.29, 1.82) is 0 Å². The molecule has 80 valence electrons. The SMILES string of the molecule is CC#CCCC(N)c1ccc(C)cc1C. The van der Waals surface area contributed by atoms with Crippen LogP contribution in [0.1, 0.15) is 42.5 Å². The van der Waals surface area contributed by atoms with Gasteiger partial charge in [0, 0.05) is 12.5 Å². The van der Waals surface area contributed by atoms with Crippen LogP contribution in [0.5, 0.6) is 0 Å². The Morgan fingerprint density at radius 1 is 1.33 bits per heavy atom. The molecule has 15 heavy (non-hydrogen) atoms. The lowest BCUT2D eigenvalue weighted by molar-refractivity contribution is 0.663. The summed E-state index contributed by atoms with van der Waals surface area (Å²) in [6.45, 7) is 6.08. The summed E-state index contributed by atoms with van der Waals surface area (Å²) in [4.78, 5) is 0. The average Bonchev–Trinajstić information content (AvgIpc) is 2.17. The molecule has 0 aromatic heterocycles. The van der Waals surface area contributed by atoms with Crippen LogP contribution in [-0.4, -0.2) is 0 Å². The van der Waals surface area contributed by atoms with Crippen molar-refractivity contribution in [1.82, 2.24) is 0 Å². The molecule has 0 aliphatic carbocycles. The highest BCUT2D eigenvalue weighted by Gasteiger charge is 2.07. The van der Waals surface area contributed by atoms with E-state index in [0.717, 1.165) is 12.8 Å². The summed E-state index contributed by atoms with van der Waals surface area (Å²) in [7, 11) is 0. The molecule has 1 rings (SSSR count). The number of hydrogen-bond acceptors (Lipinski definition) is 1. The molecule has 1 atom stereocenters. The van der Waals surface area contributed by atoms with Crippen molar-refractivity contribution < 1.29 is 0 Å². The van der Waals surface area contributed by atoms with E-state index >= 15 is 0 Å². The van der Waals surface area contributed by atoms with Gasteiger partial charge in [-0.25, -0.2) is 0 Å². The first-order chi connectivity index (χ1) is 7.15.